The van der Waals surface area contributed by atoms with Crippen molar-refractivity contribution in [3.63, 3.8) is 0 Å². The molecular formula is C28H32FN3O6S. The highest BCUT2D eigenvalue weighted by atomic mass is 32.2. The maximum absolute atomic E-state index is 13.7. The normalized spacial score (nSPS) is 19.6. The first-order valence-corrected chi connectivity index (χ1v) is 14.3. The summed E-state index contributed by atoms with van der Waals surface area (Å²) in [6.07, 6.45) is 0.827. The Morgan fingerprint density at radius 3 is 2.54 bits per heavy atom. The van der Waals surface area contributed by atoms with Gasteiger partial charge in [0, 0.05) is 11.4 Å². The van der Waals surface area contributed by atoms with E-state index in [2.05, 4.69) is 10.6 Å². The summed E-state index contributed by atoms with van der Waals surface area (Å²) in [6, 6.07) is 11.0. The minimum atomic E-state index is -4.14. The number of hydrogen-bond donors (Lipinski definition) is 2. The molecule has 0 spiro atoms. The number of nitrogens with zero attached hydrogens (tertiary/aromatic N) is 1. The van der Waals surface area contributed by atoms with Crippen LogP contribution in [0, 0.1) is 11.7 Å². The smallest absolute Gasteiger partial charge is 0.287 e. The van der Waals surface area contributed by atoms with Gasteiger partial charge in [-0.25, -0.2) is 12.8 Å². The van der Waals surface area contributed by atoms with Crippen molar-refractivity contribution in [2.24, 2.45) is 5.92 Å². The fourth-order valence-corrected chi connectivity index (χ4v) is 6.33. The first-order valence-electron chi connectivity index (χ1n) is 12.9. The molecule has 4 rings (SSSR count). The molecule has 39 heavy (non-hydrogen) atoms. The molecule has 9 nitrogen and oxygen atoms in total. The lowest BCUT2D eigenvalue weighted by atomic mass is 10.0. The van der Waals surface area contributed by atoms with Gasteiger partial charge in [-0.05, 0) is 62.4 Å². The van der Waals surface area contributed by atoms with Crippen molar-refractivity contribution >= 4 is 38.6 Å². The molecule has 11 heteroatoms. The molecule has 1 fully saturated rings. The summed E-state index contributed by atoms with van der Waals surface area (Å²) in [7, 11) is -4.14. The Balaban J connectivity index is 1.47. The second kappa shape index (κ2) is 11.7. The second-order valence-electron chi connectivity index (χ2n) is 10.3. The van der Waals surface area contributed by atoms with Gasteiger partial charge in [-0.2, -0.15) is 4.31 Å². The average molecular weight is 558 g/mol. The molecule has 3 aromatic rings. The van der Waals surface area contributed by atoms with E-state index in [-0.39, 0.29) is 23.0 Å². The SMILES string of the molecule is CC(C)C[C@H](NC(=O)c1cc2ccccc2o1)C(=O)N[C@H]1CC[C@H](C)N(S(=O)(=O)c2cccc(F)c2)CC1=O. The van der Waals surface area contributed by atoms with Crippen LogP contribution in [-0.2, 0) is 19.6 Å². The standard InChI is InChI=1S/C28H32FN3O6S/c1-17(2)13-23(31-28(35)26-14-19-7-4-5-10-25(19)38-26)27(34)30-22-12-11-18(3)32(16-24(22)33)39(36,37)21-9-6-8-20(29)15-21/h4-10,14-15,17-18,22-23H,11-13,16H2,1-3H3,(H,30,34)(H,31,35)/t18-,22-,23-/m0/s1. The highest BCUT2D eigenvalue weighted by molar-refractivity contribution is 7.89. The van der Waals surface area contributed by atoms with E-state index in [0.29, 0.717) is 18.4 Å². The number of ketones is 1. The zero-order valence-corrected chi connectivity index (χ0v) is 22.8. The molecule has 2 heterocycles. The monoisotopic (exact) mass is 557 g/mol. The van der Waals surface area contributed by atoms with Crippen molar-refractivity contribution in [3.05, 3.63) is 66.2 Å². The number of carbonyl (C=O) groups excluding carboxylic acids is 3. The van der Waals surface area contributed by atoms with Gasteiger partial charge in [0.2, 0.25) is 15.9 Å². The van der Waals surface area contributed by atoms with Crippen LogP contribution in [0.2, 0.25) is 0 Å². The van der Waals surface area contributed by atoms with Crippen LogP contribution in [0.25, 0.3) is 11.0 Å². The number of Topliss-reactive ketones (excluding diaryl/α,β-unsaturated/α-hetero) is 1. The Kier molecular flexibility index (Phi) is 8.51. The molecule has 2 aromatic carbocycles. The van der Waals surface area contributed by atoms with E-state index in [0.717, 1.165) is 21.8 Å². The fraction of sp³-hybridized carbons (Fsp3) is 0.393. The Morgan fingerprint density at radius 2 is 1.85 bits per heavy atom. The summed E-state index contributed by atoms with van der Waals surface area (Å²) in [5.74, 6) is -2.17. The Morgan fingerprint density at radius 1 is 1.10 bits per heavy atom. The minimum Gasteiger partial charge on any atom is -0.451 e. The predicted octanol–water partition coefficient (Wildman–Crippen LogP) is 3.64. The molecule has 1 aliphatic rings. The number of benzene rings is 2. The maximum atomic E-state index is 13.7. The Labute approximate surface area is 226 Å². The van der Waals surface area contributed by atoms with Gasteiger partial charge in [0.1, 0.15) is 17.4 Å². The quantitative estimate of drug-likeness (QED) is 0.436. The van der Waals surface area contributed by atoms with E-state index in [9.17, 15) is 27.2 Å². The molecule has 1 aliphatic heterocycles. The highest BCUT2D eigenvalue weighted by Crippen LogP contribution is 2.25. The minimum absolute atomic E-state index is 0.0495. The first-order chi connectivity index (χ1) is 18.5. The van der Waals surface area contributed by atoms with Gasteiger partial charge in [-0.1, -0.05) is 38.1 Å². The predicted molar refractivity (Wildman–Crippen MR) is 143 cm³/mol. The van der Waals surface area contributed by atoms with Gasteiger partial charge >= 0.3 is 0 Å². The van der Waals surface area contributed by atoms with Crippen LogP contribution < -0.4 is 10.6 Å². The van der Waals surface area contributed by atoms with E-state index < -0.39 is 58.1 Å². The number of amides is 2. The molecule has 2 amide bonds. The number of nitrogens with one attached hydrogen (secondary N) is 2. The van der Waals surface area contributed by atoms with Crippen molar-refractivity contribution in [1.82, 2.24) is 14.9 Å². The molecule has 1 aromatic heterocycles. The van der Waals surface area contributed by atoms with Gasteiger partial charge < -0.3 is 15.1 Å². The van der Waals surface area contributed by atoms with Gasteiger partial charge in [0.25, 0.3) is 5.91 Å². The highest BCUT2D eigenvalue weighted by Gasteiger charge is 2.38. The summed E-state index contributed by atoms with van der Waals surface area (Å²) in [5.41, 5.74) is 0.545. The molecular weight excluding hydrogens is 525 g/mol. The van der Waals surface area contributed by atoms with Crippen molar-refractivity contribution in [3.8, 4) is 0 Å². The van der Waals surface area contributed by atoms with Crippen LogP contribution in [-0.4, -0.2) is 55.0 Å². The van der Waals surface area contributed by atoms with E-state index in [4.69, 9.17) is 4.42 Å². The van der Waals surface area contributed by atoms with Gasteiger partial charge in [-0.3, -0.25) is 14.4 Å². The average Bonchev–Trinajstić information content (AvgIpc) is 3.27. The van der Waals surface area contributed by atoms with Crippen LogP contribution in [0.5, 0.6) is 0 Å². The van der Waals surface area contributed by atoms with Gasteiger partial charge in [0.15, 0.2) is 11.5 Å². The fourth-order valence-electron chi connectivity index (χ4n) is 4.67. The van der Waals surface area contributed by atoms with Crippen LogP contribution in [0.15, 0.2) is 63.9 Å². The molecule has 2 N–H and O–H groups in total. The first kappa shape index (κ1) is 28.4. The number of sulfonamides is 1. The lowest BCUT2D eigenvalue weighted by Crippen LogP contribution is -2.52. The van der Waals surface area contributed by atoms with Crippen molar-refractivity contribution in [2.45, 2.75) is 63.1 Å². The van der Waals surface area contributed by atoms with E-state index in [1.54, 1.807) is 25.1 Å². The summed E-state index contributed by atoms with van der Waals surface area (Å²) in [5, 5.41) is 6.19. The lowest BCUT2D eigenvalue weighted by molar-refractivity contribution is -0.129. The van der Waals surface area contributed by atoms with E-state index >= 15 is 0 Å². The lowest BCUT2D eigenvalue weighted by Gasteiger charge is -2.25. The number of hydrogen-bond acceptors (Lipinski definition) is 6. The van der Waals surface area contributed by atoms with Crippen LogP contribution in [0.1, 0.15) is 50.6 Å². The van der Waals surface area contributed by atoms with Crippen molar-refractivity contribution in [2.75, 3.05) is 6.54 Å². The second-order valence-corrected chi connectivity index (χ2v) is 12.2. The number of para-hydroxylation sites is 1. The third-order valence-electron chi connectivity index (χ3n) is 6.76. The summed E-state index contributed by atoms with van der Waals surface area (Å²) in [6.45, 7) is 5.01. The van der Waals surface area contributed by atoms with Crippen LogP contribution in [0.3, 0.4) is 0 Å². The molecule has 0 radical (unpaired) electrons. The molecule has 1 saturated heterocycles. The molecule has 208 valence electrons. The summed E-state index contributed by atoms with van der Waals surface area (Å²) in [4.78, 5) is 39.1. The zero-order chi connectivity index (χ0) is 28.3. The van der Waals surface area contributed by atoms with E-state index in [1.165, 1.54) is 12.1 Å². The molecule has 0 bridgehead atoms. The van der Waals surface area contributed by atoms with Gasteiger partial charge in [-0.15, -0.1) is 0 Å². The third-order valence-corrected chi connectivity index (χ3v) is 8.72. The topological polar surface area (TPSA) is 126 Å². The molecule has 0 unspecified atom stereocenters. The molecule has 3 atom stereocenters. The molecule has 0 aliphatic carbocycles. The largest absolute Gasteiger partial charge is 0.451 e. The number of rotatable bonds is 8. The van der Waals surface area contributed by atoms with E-state index in [1.807, 2.05) is 26.0 Å². The number of fused-ring (bicyclic) bond motifs is 1. The van der Waals surface area contributed by atoms with Crippen molar-refractivity contribution in [1.29, 1.82) is 0 Å². The molecule has 0 saturated carbocycles. The number of carbonyl (C=O) groups is 3. The van der Waals surface area contributed by atoms with Gasteiger partial charge in [0.05, 0.1) is 17.5 Å². The Bertz CT molecular complexity index is 1450. The maximum Gasteiger partial charge on any atom is 0.287 e. The van der Waals surface area contributed by atoms with Crippen LogP contribution in [0.4, 0.5) is 4.39 Å². The third kappa shape index (κ3) is 6.54. The van der Waals surface area contributed by atoms with Crippen molar-refractivity contribution < 1.29 is 31.6 Å². The Hall–Kier alpha value is -3.57. The van der Waals surface area contributed by atoms with Crippen LogP contribution >= 0.6 is 0 Å². The number of furan rings is 1. The summed E-state index contributed by atoms with van der Waals surface area (Å²) >= 11 is 0. The summed E-state index contributed by atoms with van der Waals surface area (Å²) < 4.78 is 46.8. The number of halogens is 1. The zero-order valence-electron chi connectivity index (χ0n) is 22.0.